The van der Waals surface area contributed by atoms with E-state index in [0.717, 1.165) is 12.0 Å². The van der Waals surface area contributed by atoms with E-state index in [2.05, 4.69) is 10.6 Å². The van der Waals surface area contributed by atoms with E-state index in [1.54, 1.807) is 35.2 Å². The van der Waals surface area contributed by atoms with Gasteiger partial charge in [0.1, 0.15) is 6.04 Å². The first-order chi connectivity index (χ1) is 16.9. The standard InChI is InChI=1S/C27H33N3O5/c1-4-18(3)28-26(32)24(29-25(31)20-7-5-17(2)6-8-20)19-11-13-30(14-12-19)27(33)21-9-10-22-23(15-21)35-16-34-22/h5-10,15,18-19,24H,4,11-14,16H2,1-3H3,(H,28,32)(H,29,31)/t18-,24+/m1/s1. The fourth-order valence-corrected chi connectivity index (χ4v) is 4.41. The van der Waals surface area contributed by atoms with Crippen LogP contribution in [0.2, 0.25) is 0 Å². The van der Waals surface area contributed by atoms with Gasteiger partial charge in [0.05, 0.1) is 0 Å². The normalized spacial score (nSPS) is 16.9. The van der Waals surface area contributed by atoms with Crippen molar-refractivity contribution in [2.45, 2.75) is 52.1 Å². The van der Waals surface area contributed by atoms with Gasteiger partial charge in [0.2, 0.25) is 12.7 Å². The third-order valence-electron chi connectivity index (χ3n) is 6.80. The molecule has 35 heavy (non-hydrogen) atoms. The zero-order valence-corrected chi connectivity index (χ0v) is 20.5. The summed E-state index contributed by atoms with van der Waals surface area (Å²) in [4.78, 5) is 40.9. The minimum atomic E-state index is -0.666. The van der Waals surface area contributed by atoms with Gasteiger partial charge in [0.15, 0.2) is 11.5 Å². The summed E-state index contributed by atoms with van der Waals surface area (Å²) in [7, 11) is 0. The molecule has 2 aromatic carbocycles. The smallest absolute Gasteiger partial charge is 0.253 e. The first-order valence-corrected chi connectivity index (χ1v) is 12.2. The lowest BCUT2D eigenvalue weighted by atomic mass is 9.88. The highest BCUT2D eigenvalue weighted by atomic mass is 16.7. The van der Waals surface area contributed by atoms with Crippen LogP contribution in [0, 0.1) is 12.8 Å². The SMILES string of the molecule is CC[C@@H](C)NC(=O)[C@@H](NC(=O)c1ccc(C)cc1)C1CCN(C(=O)c2ccc3c(c2)OCO3)CC1. The minimum Gasteiger partial charge on any atom is -0.454 e. The topological polar surface area (TPSA) is 97.0 Å². The number of rotatable bonds is 7. The van der Waals surface area contributed by atoms with Crippen molar-refractivity contribution < 1.29 is 23.9 Å². The van der Waals surface area contributed by atoms with Crippen molar-refractivity contribution in [2.75, 3.05) is 19.9 Å². The van der Waals surface area contributed by atoms with E-state index in [1.165, 1.54) is 0 Å². The van der Waals surface area contributed by atoms with Crippen LogP contribution in [0.1, 0.15) is 59.4 Å². The highest BCUT2D eigenvalue weighted by molar-refractivity contribution is 5.98. The number of nitrogens with one attached hydrogen (secondary N) is 2. The molecule has 1 fully saturated rings. The quantitative estimate of drug-likeness (QED) is 0.635. The second kappa shape index (κ2) is 10.8. The molecule has 0 saturated carbocycles. The summed E-state index contributed by atoms with van der Waals surface area (Å²) in [5.74, 6) is 0.611. The third-order valence-corrected chi connectivity index (χ3v) is 6.80. The number of ether oxygens (including phenoxy) is 2. The zero-order chi connectivity index (χ0) is 24.9. The van der Waals surface area contributed by atoms with Crippen LogP contribution in [0.3, 0.4) is 0 Å². The molecule has 8 heteroatoms. The van der Waals surface area contributed by atoms with Crippen LogP contribution in [-0.4, -0.2) is 54.6 Å². The number of fused-ring (bicyclic) bond motifs is 1. The molecule has 0 spiro atoms. The maximum atomic E-state index is 13.1. The Balaban J connectivity index is 1.43. The van der Waals surface area contributed by atoms with Crippen LogP contribution in [0.25, 0.3) is 0 Å². The Morgan fingerprint density at radius 2 is 1.63 bits per heavy atom. The molecule has 0 aliphatic carbocycles. The Morgan fingerprint density at radius 1 is 0.971 bits per heavy atom. The maximum Gasteiger partial charge on any atom is 0.253 e. The number of likely N-dealkylation sites (tertiary alicyclic amines) is 1. The van der Waals surface area contributed by atoms with Gasteiger partial charge in [-0.3, -0.25) is 14.4 Å². The molecule has 2 aromatic rings. The Hall–Kier alpha value is -3.55. The predicted octanol–water partition coefficient (Wildman–Crippen LogP) is 3.29. The summed E-state index contributed by atoms with van der Waals surface area (Å²) >= 11 is 0. The van der Waals surface area contributed by atoms with Gasteiger partial charge < -0.3 is 25.0 Å². The Morgan fingerprint density at radius 3 is 2.31 bits per heavy atom. The lowest BCUT2D eigenvalue weighted by molar-refractivity contribution is -0.125. The van der Waals surface area contributed by atoms with Gasteiger partial charge in [0.25, 0.3) is 11.8 Å². The highest BCUT2D eigenvalue weighted by Gasteiger charge is 2.34. The van der Waals surface area contributed by atoms with E-state index < -0.39 is 6.04 Å². The fraction of sp³-hybridized carbons (Fsp3) is 0.444. The molecule has 2 aliphatic heterocycles. The van der Waals surface area contributed by atoms with Gasteiger partial charge in [0, 0.05) is 30.3 Å². The number of carbonyl (C=O) groups is 3. The van der Waals surface area contributed by atoms with Crippen molar-refractivity contribution in [2.24, 2.45) is 5.92 Å². The molecule has 3 amide bonds. The molecule has 0 aromatic heterocycles. The van der Waals surface area contributed by atoms with Gasteiger partial charge in [-0.1, -0.05) is 24.6 Å². The molecule has 4 rings (SSSR count). The van der Waals surface area contributed by atoms with E-state index in [4.69, 9.17) is 9.47 Å². The molecular formula is C27H33N3O5. The Bertz CT molecular complexity index is 1080. The van der Waals surface area contributed by atoms with Gasteiger partial charge in [-0.05, 0) is 69.4 Å². The second-order valence-corrected chi connectivity index (χ2v) is 9.33. The van der Waals surface area contributed by atoms with Crippen molar-refractivity contribution in [3.63, 3.8) is 0 Å². The number of carbonyl (C=O) groups excluding carboxylic acids is 3. The molecule has 8 nitrogen and oxygen atoms in total. The van der Waals surface area contributed by atoms with Gasteiger partial charge >= 0.3 is 0 Å². The van der Waals surface area contributed by atoms with Gasteiger partial charge in [-0.2, -0.15) is 0 Å². The van der Waals surface area contributed by atoms with Gasteiger partial charge in [-0.25, -0.2) is 0 Å². The third kappa shape index (κ3) is 5.75. The Kier molecular flexibility index (Phi) is 7.58. The number of aryl methyl sites for hydroxylation is 1. The van der Waals surface area contributed by atoms with Crippen LogP contribution >= 0.6 is 0 Å². The van der Waals surface area contributed by atoms with Crippen molar-refractivity contribution in [3.8, 4) is 11.5 Å². The number of nitrogens with zero attached hydrogens (tertiary/aromatic N) is 1. The highest BCUT2D eigenvalue weighted by Crippen LogP contribution is 2.33. The van der Waals surface area contributed by atoms with Crippen molar-refractivity contribution in [1.29, 1.82) is 0 Å². The Labute approximate surface area is 206 Å². The van der Waals surface area contributed by atoms with E-state index in [-0.39, 0.29) is 36.5 Å². The van der Waals surface area contributed by atoms with Crippen LogP contribution in [0.15, 0.2) is 42.5 Å². The van der Waals surface area contributed by atoms with Crippen molar-refractivity contribution >= 4 is 17.7 Å². The number of hydrogen-bond acceptors (Lipinski definition) is 5. The molecule has 0 bridgehead atoms. The maximum absolute atomic E-state index is 13.1. The van der Waals surface area contributed by atoms with E-state index in [1.807, 2.05) is 32.9 Å². The van der Waals surface area contributed by atoms with Crippen LogP contribution in [0.5, 0.6) is 11.5 Å². The van der Waals surface area contributed by atoms with E-state index in [0.29, 0.717) is 48.6 Å². The zero-order valence-electron chi connectivity index (χ0n) is 20.5. The number of benzene rings is 2. The lowest BCUT2D eigenvalue weighted by Crippen LogP contribution is -2.55. The molecule has 1 saturated heterocycles. The molecule has 0 radical (unpaired) electrons. The molecule has 2 N–H and O–H groups in total. The monoisotopic (exact) mass is 479 g/mol. The van der Waals surface area contributed by atoms with Gasteiger partial charge in [-0.15, -0.1) is 0 Å². The summed E-state index contributed by atoms with van der Waals surface area (Å²) in [6, 6.07) is 11.8. The average Bonchev–Trinajstić information content (AvgIpc) is 3.35. The molecule has 186 valence electrons. The average molecular weight is 480 g/mol. The van der Waals surface area contributed by atoms with Crippen LogP contribution in [-0.2, 0) is 4.79 Å². The molecule has 2 heterocycles. The summed E-state index contributed by atoms with van der Waals surface area (Å²) in [5.41, 5.74) is 2.13. The first-order valence-electron chi connectivity index (χ1n) is 12.2. The summed E-state index contributed by atoms with van der Waals surface area (Å²) in [6.07, 6.45) is 2.03. The number of hydrogen-bond donors (Lipinski definition) is 2. The molecule has 2 aliphatic rings. The predicted molar refractivity (Wildman–Crippen MR) is 132 cm³/mol. The second-order valence-electron chi connectivity index (χ2n) is 9.33. The largest absolute Gasteiger partial charge is 0.454 e. The number of piperidine rings is 1. The van der Waals surface area contributed by atoms with Crippen LogP contribution in [0.4, 0.5) is 0 Å². The minimum absolute atomic E-state index is 0.00829. The summed E-state index contributed by atoms with van der Waals surface area (Å²) < 4.78 is 10.7. The lowest BCUT2D eigenvalue weighted by Gasteiger charge is -2.36. The van der Waals surface area contributed by atoms with E-state index in [9.17, 15) is 14.4 Å². The molecular weight excluding hydrogens is 446 g/mol. The van der Waals surface area contributed by atoms with Crippen molar-refractivity contribution in [1.82, 2.24) is 15.5 Å². The van der Waals surface area contributed by atoms with Crippen molar-refractivity contribution in [3.05, 3.63) is 59.2 Å². The summed E-state index contributed by atoms with van der Waals surface area (Å²) in [6.45, 7) is 7.08. The first kappa shape index (κ1) is 24.6. The molecule has 2 atom stereocenters. The fourth-order valence-electron chi connectivity index (χ4n) is 4.41. The summed E-state index contributed by atoms with van der Waals surface area (Å²) in [5, 5.41) is 5.99. The molecule has 0 unspecified atom stereocenters. The van der Waals surface area contributed by atoms with Crippen LogP contribution < -0.4 is 20.1 Å². The van der Waals surface area contributed by atoms with E-state index >= 15 is 0 Å². The number of amides is 3.